The molecule has 0 spiro atoms. The van der Waals surface area contributed by atoms with Gasteiger partial charge in [0.15, 0.2) is 11.5 Å². The van der Waals surface area contributed by atoms with Crippen molar-refractivity contribution in [3.63, 3.8) is 0 Å². The molecule has 1 unspecified atom stereocenters. The Labute approximate surface area is 216 Å². The third-order valence-corrected chi connectivity index (χ3v) is 6.85. The summed E-state index contributed by atoms with van der Waals surface area (Å²) in [5.74, 6) is 3.32. The molecular weight excluding hydrogens is 470 g/mol. The van der Waals surface area contributed by atoms with Crippen molar-refractivity contribution in [2.24, 2.45) is 5.92 Å². The predicted octanol–water partition coefficient (Wildman–Crippen LogP) is 6.72. The Balaban J connectivity index is 1.20. The summed E-state index contributed by atoms with van der Waals surface area (Å²) in [7, 11) is 3.20. The maximum Gasteiger partial charge on any atom is 0.162 e. The van der Waals surface area contributed by atoms with Crippen molar-refractivity contribution < 1.29 is 19.0 Å². The molecule has 1 aliphatic rings. The molecular formula is C30H27NO4S. The zero-order chi connectivity index (χ0) is 25.1. The van der Waals surface area contributed by atoms with Gasteiger partial charge in [-0.1, -0.05) is 54.7 Å². The van der Waals surface area contributed by atoms with Crippen LogP contribution in [0.5, 0.6) is 23.0 Å². The van der Waals surface area contributed by atoms with Crippen LogP contribution in [0, 0.1) is 5.92 Å². The van der Waals surface area contributed by atoms with E-state index < -0.39 is 0 Å². The maximum absolute atomic E-state index is 12.7. The van der Waals surface area contributed by atoms with E-state index >= 15 is 0 Å². The highest BCUT2D eigenvalue weighted by molar-refractivity contribution is 7.80. The number of carbonyl (C=O) groups excluding carboxylic acids is 1. The van der Waals surface area contributed by atoms with E-state index in [1.54, 1.807) is 20.4 Å². The highest BCUT2D eigenvalue weighted by Gasteiger charge is 2.43. The summed E-state index contributed by atoms with van der Waals surface area (Å²) in [6.45, 7) is 0. The lowest BCUT2D eigenvalue weighted by molar-refractivity contribution is -0.119. The van der Waals surface area contributed by atoms with E-state index in [1.165, 1.54) is 5.56 Å². The highest BCUT2D eigenvalue weighted by Crippen LogP contribution is 2.48. The van der Waals surface area contributed by atoms with Gasteiger partial charge in [-0.05, 0) is 47.7 Å². The number of thiocarbonyl (C=S) groups is 1. The van der Waals surface area contributed by atoms with Gasteiger partial charge in [0.2, 0.25) is 0 Å². The number of aromatic nitrogens is 1. The number of ether oxygens (including phenoxy) is 3. The Morgan fingerprint density at radius 1 is 0.944 bits per heavy atom. The third-order valence-electron chi connectivity index (χ3n) is 6.56. The van der Waals surface area contributed by atoms with Crippen molar-refractivity contribution in [2.45, 2.75) is 25.2 Å². The lowest BCUT2D eigenvalue weighted by atomic mass is 10.0. The van der Waals surface area contributed by atoms with E-state index in [-0.39, 0.29) is 11.7 Å². The zero-order valence-electron chi connectivity index (χ0n) is 20.3. The summed E-state index contributed by atoms with van der Waals surface area (Å²) >= 11 is 5.57. The van der Waals surface area contributed by atoms with Gasteiger partial charge < -0.3 is 14.2 Å². The van der Waals surface area contributed by atoms with Crippen LogP contribution in [0.3, 0.4) is 0 Å². The summed E-state index contributed by atoms with van der Waals surface area (Å²) in [4.78, 5) is 17.9. The molecule has 1 aromatic heterocycles. The molecule has 0 amide bonds. The first-order valence-electron chi connectivity index (χ1n) is 11.9. The van der Waals surface area contributed by atoms with E-state index in [4.69, 9.17) is 26.4 Å². The molecule has 1 fully saturated rings. The molecule has 1 heterocycles. The predicted molar refractivity (Wildman–Crippen MR) is 145 cm³/mol. The Morgan fingerprint density at radius 2 is 1.67 bits per heavy atom. The molecule has 36 heavy (non-hydrogen) atoms. The van der Waals surface area contributed by atoms with E-state index in [0.717, 1.165) is 27.8 Å². The molecule has 6 heteroatoms. The molecule has 4 aromatic rings. The number of nitrogens with zero attached hydrogens (tertiary/aromatic N) is 1. The average Bonchev–Trinajstić information content (AvgIpc) is 3.71. The van der Waals surface area contributed by atoms with Crippen LogP contribution in [0.1, 0.15) is 29.9 Å². The van der Waals surface area contributed by atoms with Crippen LogP contribution in [0.15, 0.2) is 79.0 Å². The second-order valence-corrected chi connectivity index (χ2v) is 9.57. The first-order valence-corrected chi connectivity index (χ1v) is 12.3. The van der Waals surface area contributed by atoms with Crippen LogP contribution in [-0.2, 0) is 11.2 Å². The number of methoxy groups -OCH3 is 2. The molecule has 0 saturated heterocycles. The summed E-state index contributed by atoms with van der Waals surface area (Å²) in [6, 6.07) is 23.6. The first kappa shape index (κ1) is 23.9. The van der Waals surface area contributed by atoms with Crippen LogP contribution in [-0.4, -0.2) is 29.9 Å². The van der Waals surface area contributed by atoms with Crippen molar-refractivity contribution in [3.05, 3.63) is 90.1 Å². The van der Waals surface area contributed by atoms with Gasteiger partial charge >= 0.3 is 0 Å². The van der Waals surface area contributed by atoms with E-state index in [1.807, 2.05) is 60.7 Å². The summed E-state index contributed by atoms with van der Waals surface area (Å²) in [5.41, 5.74) is 3.06. The van der Waals surface area contributed by atoms with Gasteiger partial charge in [0.25, 0.3) is 0 Å². The summed E-state index contributed by atoms with van der Waals surface area (Å²) in [5, 5.41) is 0.827. The number of hydrogen-bond donors (Lipinski definition) is 0. The monoisotopic (exact) mass is 497 g/mol. The fourth-order valence-corrected chi connectivity index (χ4v) is 4.88. The molecule has 2 atom stereocenters. The number of benzene rings is 3. The number of hydrogen-bond acceptors (Lipinski definition) is 6. The smallest absolute Gasteiger partial charge is 0.162 e. The molecule has 0 N–H and O–H groups in total. The van der Waals surface area contributed by atoms with Gasteiger partial charge in [-0.15, -0.1) is 0 Å². The van der Waals surface area contributed by atoms with Gasteiger partial charge in [-0.2, -0.15) is 0 Å². The van der Waals surface area contributed by atoms with E-state index in [2.05, 4.69) is 17.1 Å². The maximum atomic E-state index is 12.7. The molecule has 0 radical (unpaired) electrons. The highest BCUT2D eigenvalue weighted by atomic mass is 32.1. The lowest BCUT2D eigenvalue weighted by Gasteiger charge is -2.12. The van der Waals surface area contributed by atoms with Crippen molar-refractivity contribution in [1.82, 2.24) is 4.98 Å². The quantitative estimate of drug-likeness (QED) is 0.227. The second-order valence-electron chi connectivity index (χ2n) is 9.00. The van der Waals surface area contributed by atoms with Gasteiger partial charge in [0.05, 0.1) is 19.7 Å². The molecule has 0 aliphatic heterocycles. The largest absolute Gasteiger partial charge is 0.493 e. The number of rotatable bonds is 10. The van der Waals surface area contributed by atoms with Gasteiger partial charge in [-0.3, -0.25) is 9.78 Å². The number of fused-ring (bicyclic) bond motifs is 1. The summed E-state index contributed by atoms with van der Waals surface area (Å²) in [6.07, 6.45) is 3.59. The minimum absolute atomic E-state index is 0.106. The van der Waals surface area contributed by atoms with Crippen molar-refractivity contribution >= 4 is 33.8 Å². The zero-order valence-corrected chi connectivity index (χ0v) is 21.1. The number of ketones is 1. The van der Waals surface area contributed by atoms with Crippen LogP contribution in [0.2, 0.25) is 0 Å². The normalized spacial score (nSPS) is 16.4. The average molecular weight is 498 g/mol. The van der Waals surface area contributed by atoms with Crippen LogP contribution in [0.4, 0.5) is 0 Å². The Kier molecular flexibility index (Phi) is 6.96. The topological polar surface area (TPSA) is 57.7 Å². The molecule has 3 aromatic carbocycles. The number of Topliss-reactive ketones (excluding diaryl/α,β-unsaturated/α-hetero) is 1. The van der Waals surface area contributed by atoms with Crippen LogP contribution in [0.25, 0.3) is 10.9 Å². The second kappa shape index (κ2) is 10.5. The van der Waals surface area contributed by atoms with E-state index in [9.17, 15) is 4.79 Å². The fourth-order valence-electron chi connectivity index (χ4n) is 4.57. The number of carbonyl (C=O) groups is 1. The first-order chi connectivity index (χ1) is 17.6. The molecule has 5 nitrogen and oxygen atoms in total. The van der Waals surface area contributed by atoms with Gasteiger partial charge in [0, 0.05) is 41.3 Å². The SMILES string of the molecule is COc1cc2nccc(Oc3ccc(CC(=S)CC(=O)C4C[C@@H]4c4ccccc4)cc3)c2cc1OC. The van der Waals surface area contributed by atoms with Crippen molar-refractivity contribution in [2.75, 3.05) is 14.2 Å². The van der Waals surface area contributed by atoms with Crippen LogP contribution >= 0.6 is 12.2 Å². The fraction of sp³-hybridized carbons (Fsp3) is 0.233. The molecule has 1 aliphatic carbocycles. The minimum Gasteiger partial charge on any atom is -0.493 e. The van der Waals surface area contributed by atoms with Gasteiger partial charge in [-0.25, -0.2) is 0 Å². The molecule has 0 bridgehead atoms. The molecule has 182 valence electrons. The van der Waals surface area contributed by atoms with Gasteiger partial charge in [0.1, 0.15) is 17.3 Å². The number of pyridine rings is 1. The van der Waals surface area contributed by atoms with Crippen LogP contribution < -0.4 is 14.2 Å². The minimum atomic E-state index is 0.106. The Hall–Kier alpha value is -3.77. The van der Waals surface area contributed by atoms with Crippen molar-refractivity contribution in [3.8, 4) is 23.0 Å². The van der Waals surface area contributed by atoms with Crippen molar-refractivity contribution in [1.29, 1.82) is 0 Å². The Morgan fingerprint density at radius 3 is 2.39 bits per heavy atom. The molecule has 5 rings (SSSR count). The third kappa shape index (κ3) is 5.24. The lowest BCUT2D eigenvalue weighted by Crippen LogP contribution is -2.11. The summed E-state index contributed by atoms with van der Waals surface area (Å²) < 4.78 is 17.0. The standard InChI is InChI=1S/C30H27NO4S/c1-33-29-17-25-26(18-30(29)34-2)31-13-12-28(25)35-21-10-8-19(9-11-21)14-22(36)15-27(32)24-16-23(24)20-6-4-3-5-7-20/h3-13,17-18,23-24H,14-16H2,1-2H3/t23-,24?/m1/s1. The molecule has 1 saturated carbocycles. The van der Waals surface area contributed by atoms with E-state index in [0.29, 0.717) is 41.8 Å². The Bertz CT molecular complexity index is 1400.